The molecule has 2 amide bonds. The topological polar surface area (TPSA) is 128 Å². The molecule has 2 saturated heterocycles. The predicted octanol–water partition coefficient (Wildman–Crippen LogP) is 2.38. The van der Waals surface area contributed by atoms with Gasteiger partial charge in [0.15, 0.2) is 5.54 Å². The molecular weight excluding hydrogens is 572 g/mol. The summed E-state index contributed by atoms with van der Waals surface area (Å²) in [4.78, 5) is 47.4. The smallest absolute Gasteiger partial charge is 0.296 e. The molecule has 0 aromatic heterocycles. The Labute approximate surface area is 252 Å². The van der Waals surface area contributed by atoms with Crippen molar-refractivity contribution in [2.24, 2.45) is 0 Å². The van der Waals surface area contributed by atoms with Gasteiger partial charge in [0.2, 0.25) is 10.0 Å². The number of amides is 2. The molecule has 43 heavy (non-hydrogen) atoms. The summed E-state index contributed by atoms with van der Waals surface area (Å²) >= 11 is 0. The molecule has 3 aliphatic rings. The highest BCUT2D eigenvalue weighted by molar-refractivity contribution is 7.89. The van der Waals surface area contributed by atoms with Gasteiger partial charge in [0, 0.05) is 57.9 Å². The van der Waals surface area contributed by atoms with Crippen LogP contribution in [0, 0.1) is 0 Å². The first-order chi connectivity index (χ1) is 20.6. The third kappa shape index (κ3) is 5.16. The molecule has 0 radical (unpaired) electrons. The number of ketones is 1. The molecule has 1 spiro atoms. The Hall–Kier alpha value is -3.58. The lowest BCUT2D eigenvalue weighted by atomic mass is 9.82. The second-order valence-electron chi connectivity index (χ2n) is 11.2. The Morgan fingerprint density at radius 2 is 1.63 bits per heavy atom. The van der Waals surface area contributed by atoms with Crippen molar-refractivity contribution < 1.29 is 32.6 Å². The summed E-state index contributed by atoms with van der Waals surface area (Å²) in [6.45, 7) is 5.95. The number of morpholine rings is 1. The molecular formula is C31H38N4O7S. The third-order valence-electron chi connectivity index (χ3n) is 8.41. The van der Waals surface area contributed by atoms with Gasteiger partial charge in [-0.25, -0.2) is 12.7 Å². The fourth-order valence-corrected chi connectivity index (χ4v) is 7.02. The zero-order valence-electron chi connectivity index (χ0n) is 24.8. The molecule has 3 heterocycles. The Bertz CT molecular complexity index is 1550. The van der Waals surface area contributed by atoms with Gasteiger partial charge in [0.05, 0.1) is 29.4 Å². The fourth-order valence-electron chi connectivity index (χ4n) is 6.12. The summed E-state index contributed by atoms with van der Waals surface area (Å²) in [5, 5.41) is 11.7. The number of aliphatic hydroxyl groups excluding tert-OH is 1. The average molecular weight is 611 g/mol. The van der Waals surface area contributed by atoms with Crippen molar-refractivity contribution in [2.45, 2.75) is 36.6 Å². The summed E-state index contributed by atoms with van der Waals surface area (Å²) in [5.41, 5.74) is -0.958. The molecule has 1 unspecified atom stereocenters. The second kappa shape index (κ2) is 12.2. The molecule has 2 aromatic carbocycles. The van der Waals surface area contributed by atoms with Crippen molar-refractivity contribution in [1.82, 2.24) is 14.1 Å². The Morgan fingerprint density at radius 1 is 0.953 bits per heavy atom. The van der Waals surface area contributed by atoms with Crippen LogP contribution in [0.3, 0.4) is 0 Å². The summed E-state index contributed by atoms with van der Waals surface area (Å²) in [6, 6.07) is 12.5. The maximum absolute atomic E-state index is 14.6. The molecule has 0 bridgehead atoms. The predicted molar refractivity (Wildman–Crippen MR) is 161 cm³/mol. The van der Waals surface area contributed by atoms with Crippen LogP contribution in [0.1, 0.15) is 37.3 Å². The molecule has 1 atom stereocenters. The lowest BCUT2D eigenvalue weighted by Crippen LogP contribution is -2.52. The van der Waals surface area contributed by atoms with E-state index in [0.29, 0.717) is 50.4 Å². The van der Waals surface area contributed by atoms with Gasteiger partial charge in [-0.15, -0.1) is 0 Å². The fraction of sp³-hybridized carbons (Fsp3) is 0.452. The molecule has 5 rings (SSSR count). The molecule has 2 fully saturated rings. The normalized spacial score (nSPS) is 22.3. The lowest BCUT2D eigenvalue weighted by molar-refractivity contribution is -0.143. The van der Waals surface area contributed by atoms with Crippen molar-refractivity contribution in [1.29, 1.82) is 0 Å². The number of unbranched alkanes of at least 4 members (excludes halogenated alkanes) is 1. The van der Waals surface area contributed by atoms with Crippen molar-refractivity contribution in [3.05, 3.63) is 65.2 Å². The minimum atomic E-state index is -3.74. The standard InChI is InChI=1S/C31H38N4O7S/c1-4-5-16-34-25-10-7-6-9-24(25)31(30(34)39)26(27(36)22-11-13-23(14-12-22)43(40,41)32(2)3)28(37)29(38)35(31)17-8-15-33-18-20-42-21-19-33/h6-7,9-14,36H,4-5,8,15-21H2,1-3H3/b27-26+. The van der Waals surface area contributed by atoms with Crippen molar-refractivity contribution in [3.63, 3.8) is 0 Å². The highest BCUT2D eigenvalue weighted by atomic mass is 32.2. The maximum atomic E-state index is 14.6. The van der Waals surface area contributed by atoms with E-state index in [1.807, 2.05) is 6.92 Å². The van der Waals surface area contributed by atoms with Crippen LogP contribution >= 0.6 is 0 Å². The number of hydrogen-bond acceptors (Lipinski definition) is 8. The lowest BCUT2D eigenvalue weighted by Gasteiger charge is -2.35. The number of ether oxygens (including phenoxy) is 1. The highest BCUT2D eigenvalue weighted by Crippen LogP contribution is 2.53. The molecule has 0 aliphatic carbocycles. The van der Waals surface area contributed by atoms with Crippen LogP contribution in [-0.2, 0) is 34.7 Å². The molecule has 12 heteroatoms. The van der Waals surface area contributed by atoms with E-state index in [1.54, 1.807) is 29.2 Å². The molecule has 230 valence electrons. The van der Waals surface area contributed by atoms with E-state index >= 15 is 0 Å². The van der Waals surface area contributed by atoms with Crippen LogP contribution in [0.5, 0.6) is 0 Å². The van der Waals surface area contributed by atoms with E-state index in [1.165, 1.54) is 43.3 Å². The number of carbonyl (C=O) groups is 3. The van der Waals surface area contributed by atoms with E-state index < -0.39 is 38.9 Å². The molecule has 3 aliphatic heterocycles. The van der Waals surface area contributed by atoms with Crippen LogP contribution in [0.2, 0.25) is 0 Å². The van der Waals surface area contributed by atoms with Crippen LogP contribution in [0.15, 0.2) is 59.0 Å². The Kier molecular flexibility index (Phi) is 8.75. The molecule has 11 nitrogen and oxygen atoms in total. The first-order valence-electron chi connectivity index (χ1n) is 14.6. The van der Waals surface area contributed by atoms with E-state index in [9.17, 15) is 27.9 Å². The number of aliphatic hydroxyl groups is 1. The zero-order chi connectivity index (χ0) is 30.9. The van der Waals surface area contributed by atoms with Gasteiger partial charge in [-0.1, -0.05) is 31.5 Å². The second-order valence-corrected chi connectivity index (χ2v) is 13.3. The van der Waals surface area contributed by atoms with Crippen LogP contribution in [0.25, 0.3) is 5.76 Å². The highest BCUT2D eigenvalue weighted by Gasteiger charge is 2.66. The van der Waals surface area contributed by atoms with E-state index in [4.69, 9.17) is 4.74 Å². The van der Waals surface area contributed by atoms with E-state index in [0.717, 1.165) is 23.8 Å². The number of benzene rings is 2. The van der Waals surface area contributed by atoms with Crippen molar-refractivity contribution in [2.75, 3.05) is 64.9 Å². The number of carbonyl (C=O) groups excluding carboxylic acids is 3. The van der Waals surface area contributed by atoms with Crippen LogP contribution in [-0.4, -0.2) is 105 Å². The first kappa shape index (κ1) is 30.9. The Morgan fingerprint density at radius 3 is 2.28 bits per heavy atom. The van der Waals surface area contributed by atoms with Gasteiger partial charge in [-0.2, -0.15) is 0 Å². The largest absolute Gasteiger partial charge is 0.507 e. The van der Waals surface area contributed by atoms with Gasteiger partial charge >= 0.3 is 0 Å². The zero-order valence-corrected chi connectivity index (χ0v) is 25.6. The van der Waals surface area contributed by atoms with E-state index in [-0.39, 0.29) is 22.6 Å². The van der Waals surface area contributed by atoms with Crippen LogP contribution < -0.4 is 4.90 Å². The number of para-hydroxylation sites is 1. The SMILES string of the molecule is CCCCN1C(=O)C2(/C(=C(/O)c3ccc(S(=O)(=O)N(C)C)cc3)C(=O)C(=O)N2CCCN2CCOCC2)c2ccccc21. The van der Waals surface area contributed by atoms with Gasteiger partial charge in [0.25, 0.3) is 17.6 Å². The number of Topliss-reactive ketones (excluding diaryl/α,β-unsaturated/α-hetero) is 1. The van der Waals surface area contributed by atoms with Crippen LogP contribution in [0.4, 0.5) is 5.69 Å². The number of anilines is 1. The number of sulfonamides is 1. The first-order valence-corrected chi connectivity index (χ1v) is 16.0. The quantitative estimate of drug-likeness (QED) is 0.247. The summed E-state index contributed by atoms with van der Waals surface area (Å²) in [6.07, 6.45) is 2.05. The number of likely N-dealkylation sites (tertiary alicyclic amines) is 1. The monoisotopic (exact) mass is 610 g/mol. The number of rotatable bonds is 10. The Balaban J connectivity index is 1.64. The summed E-state index contributed by atoms with van der Waals surface area (Å²) < 4.78 is 31.7. The summed E-state index contributed by atoms with van der Waals surface area (Å²) in [7, 11) is -0.914. The van der Waals surface area contributed by atoms with Crippen molar-refractivity contribution >= 4 is 39.1 Å². The van der Waals surface area contributed by atoms with Gasteiger partial charge in [-0.05, 0) is 43.2 Å². The molecule has 2 aromatic rings. The third-order valence-corrected chi connectivity index (χ3v) is 10.2. The van der Waals surface area contributed by atoms with Gasteiger partial charge in [-0.3, -0.25) is 19.3 Å². The minimum absolute atomic E-state index is 0.000330. The number of hydrogen-bond donors (Lipinski definition) is 1. The minimum Gasteiger partial charge on any atom is -0.507 e. The average Bonchev–Trinajstić information content (AvgIpc) is 3.38. The van der Waals surface area contributed by atoms with E-state index in [2.05, 4.69) is 4.90 Å². The van der Waals surface area contributed by atoms with Crippen molar-refractivity contribution in [3.8, 4) is 0 Å². The molecule has 1 N–H and O–H groups in total. The van der Waals surface area contributed by atoms with Gasteiger partial charge in [0.1, 0.15) is 5.76 Å². The number of fused-ring (bicyclic) bond motifs is 2. The maximum Gasteiger partial charge on any atom is 0.296 e. The molecule has 0 saturated carbocycles. The number of nitrogens with zero attached hydrogens (tertiary/aromatic N) is 4. The van der Waals surface area contributed by atoms with Gasteiger partial charge < -0.3 is 19.6 Å². The summed E-state index contributed by atoms with van der Waals surface area (Å²) in [5.74, 6) is -2.78.